The number of hydrogen-bond acceptors (Lipinski definition) is 3. The molecule has 0 aliphatic carbocycles. The smallest absolute Gasteiger partial charge is 0.250 e. The molecular weight excluding hydrogens is 336 g/mol. The summed E-state index contributed by atoms with van der Waals surface area (Å²) < 4.78 is 6.23. The largest absolute Gasteiger partial charge is 0.466 e. The highest BCUT2D eigenvalue weighted by molar-refractivity contribution is 6.00. The van der Waals surface area contributed by atoms with Crippen molar-refractivity contribution in [3.05, 3.63) is 108 Å². The number of benzene rings is 3. The van der Waals surface area contributed by atoms with Crippen LogP contribution in [-0.2, 0) is 16.0 Å². The predicted molar refractivity (Wildman–Crippen MR) is 105 cm³/mol. The molecule has 0 unspecified atom stereocenters. The van der Waals surface area contributed by atoms with E-state index in [9.17, 15) is 4.79 Å². The van der Waals surface area contributed by atoms with E-state index in [2.05, 4.69) is 0 Å². The lowest BCUT2D eigenvalue weighted by Gasteiger charge is -2.29. The molecule has 1 aliphatic heterocycles. The summed E-state index contributed by atoms with van der Waals surface area (Å²) in [6.45, 7) is 0. The first-order chi connectivity index (χ1) is 13.2. The summed E-state index contributed by atoms with van der Waals surface area (Å²) in [6.07, 6.45) is -0.203. The van der Waals surface area contributed by atoms with Gasteiger partial charge in [0.05, 0.1) is 0 Å². The molecule has 0 saturated heterocycles. The maximum Gasteiger partial charge on any atom is 0.250 e. The average Bonchev–Trinajstić information content (AvgIpc) is 3.11. The Morgan fingerprint density at radius 1 is 0.889 bits per heavy atom. The van der Waals surface area contributed by atoms with Crippen LogP contribution in [0.1, 0.15) is 22.8 Å². The maximum atomic E-state index is 12.7. The van der Waals surface area contributed by atoms with Crippen molar-refractivity contribution in [1.29, 1.82) is 0 Å². The van der Waals surface area contributed by atoms with Crippen LogP contribution in [0.2, 0.25) is 0 Å². The monoisotopic (exact) mass is 356 g/mol. The van der Waals surface area contributed by atoms with Gasteiger partial charge in [0.1, 0.15) is 0 Å². The van der Waals surface area contributed by atoms with E-state index < -0.39 is 17.6 Å². The average molecular weight is 356 g/mol. The lowest BCUT2D eigenvalue weighted by Crippen LogP contribution is -2.47. The summed E-state index contributed by atoms with van der Waals surface area (Å²) in [4.78, 5) is 17.5. The van der Waals surface area contributed by atoms with E-state index in [1.807, 2.05) is 91.0 Å². The second kappa shape index (κ2) is 7.08. The van der Waals surface area contributed by atoms with Crippen LogP contribution in [0.4, 0.5) is 0 Å². The molecule has 0 aromatic heterocycles. The molecule has 0 fully saturated rings. The second-order valence-corrected chi connectivity index (χ2v) is 6.64. The van der Waals surface area contributed by atoms with Crippen molar-refractivity contribution in [2.45, 2.75) is 18.1 Å². The van der Waals surface area contributed by atoms with Crippen molar-refractivity contribution < 1.29 is 9.53 Å². The van der Waals surface area contributed by atoms with Gasteiger partial charge in [-0.15, -0.1) is 0 Å². The number of nitrogens with two attached hydrogens (primary N) is 1. The molecular formula is C23H20N2O2. The van der Waals surface area contributed by atoms with Crippen LogP contribution in [0.3, 0.4) is 0 Å². The molecule has 27 heavy (non-hydrogen) atoms. The standard InChI is InChI=1S/C23H20N2O2/c24-22(26)23(16-17-10-4-1-5-11-17)20(18-12-6-2-7-13-18)27-21(25-23)19-14-8-3-9-15-19/h1-15,20H,16H2,(H2,24,26)/t20-,23-/m0/s1. The van der Waals surface area contributed by atoms with Crippen molar-refractivity contribution in [2.75, 3.05) is 0 Å². The van der Waals surface area contributed by atoms with E-state index in [1.165, 1.54) is 0 Å². The fraction of sp³-hybridized carbons (Fsp3) is 0.130. The summed E-state index contributed by atoms with van der Waals surface area (Å²) in [7, 11) is 0. The van der Waals surface area contributed by atoms with E-state index in [0.29, 0.717) is 12.3 Å². The van der Waals surface area contributed by atoms with Gasteiger partial charge < -0.3 is 10.5 Å². The van der Waals surface area contributed by atoms with Crippen molar-refractivity contribution in [2.24, 2.45) is 10.7 Å². The topological polar surface area (TPSA) is 64.7 Å². The third-order valence-electron chi connectivity index (χ3n) is 4.83. The first kappa shape index (κ1) is 17.0. The van der Waals surface area contributed by atoms with Crippen LogP contribution in [0, 0.1) is 0 Å². The van der Waals surface area contributed by atoms with Crippen LogP contribution >= 0.6 is 0 Å². The van der Waals surface area contributed by atoms with Gasteiger partial charge in [-0.05, 0) is 23.3 Å². The Balaban J connectivity index is 1.83. The number of amides is 1. The molecule has 1 amide bonds. The Hall–Kier alpha value is -3.40. The highest BCUT2D eigenvalue weighted by Gasteiger charge is 2.52. The van der Waals surface area contributed by atoms with Gasteiger partial charge in [0, 0.05) is 12.0 Å². The van der Waals surface area contributed by atoms with Crippen molar-refractivity contribution in [1.82, 2.24) is 0 Å². The lowest BCUT2D eigenvalue weighted by molar-refractivity contribution is -0.125. The summed E-state index contributed by atoms with van der Waals surface area (Å²) in [6, 6.07) is 29.0. The number of carbonyl (C=O) groups is 1. The lowest BCUT2D eigenvalue weighted by atomic mass is 9.82. The first-order valence-electron chi connectivity index (χ1n) is 8.90. The number of ether oxygens (including phenoxy) is 1. The van der Waals surface area contributed by atoms with Gasteiger partial charge in [-0.2, -0.15) is 0 Å². The Kier molecular flexibility index (Phi) is 4.47. The molecule has 4 rings (SSSR count). The molecule has 0 radical (unpaired) electrons. The van der Waals surface area contributed by atoms with Gasteiger partial charge in [-0.1, -0.05) is 78.9 Å². The number of nitrogens with zero attached hydrogens (tertiary/aromatic N) is 1. The minimum absolute atomic E-state index is 0.374. The Labute approximate surface area is 158 Å². The van der Waals surface area contributed by atoms with E-state index >= 15 is 0 Å². The van der Waals surface area contributed by atoms with Crippen molar-refractivity contribution in [3.8, 4) is 0 Å². The zero-order valence-electron chi connectivity index (χ0n) is 14.8. The molecule has 134 valence electrons. The summed E-state index contributed by atoms with van der Waals surface area (Å²) in [5, 5.41) is 0. The van der Waals surface area contributed by atoms with Gasteiger partial charge in [-0.25, -0.2) is 4.99 Å². The molecule has 3 aromatic carbocycles. The first-order valence-corrected chi connectivity index (χ1v) is 8.90. The summed E-state index contributed by atoms with van der Waals surface area (Å²) >= 11 is 0. The number of hydrogen-bond donors (Lipinski definition) is 1. The van der Waals surface area contributed by atoms with Crippen molar-refractivity contribution in [3.63, 3.8) is 0 Å². The zero-order chi connectivity index (χ0) is 18.7. The van der Waals surface area contributed by atoms with E-state index in [-0.39, 0.29) is 0 Å². The summed E-state index contributed by atoms with van der Waals surface area (Å²) in [5.41, 5.74) is 7.41. The SMILES string of the molecule is NC(=O)[C@@]1(Cc2ccccc2)N=C(c2ccccc2)O[C@H]1c1ccccc1. The number of carbonyl (C=O) groups excluding carboxylic acids is 1. The van der Waals surface area contributed by atoms with E-state index in [4.69, 9.17) is 15.5 Å². The molecule has 4 nitrogen and oxygen atoms in total. The van der Waals surface area contributed by atoms with Crippen LogP contribution in [0.5, 0.6) is 0 Å². The predicted octanol–water partition coefficient (Wildman–Crippen LogP) is 3.67. The van der Waals surface area contributed by atoms with Crippen LogP contribution < -0.4 is 5.73 Å². The van der Waals surface area contributed by atoms with Gasteiger partial charge >= 0.3 is 0 Å². The van der Waals surface area contributed by atoms with Gasteiger partial charge in [-0.3, -0.25) is 4.79 Å². The molecule has 0 bridgehead atoms. The van der Waals surface area contributed by atoms with Crippen LogP contribution in [0.15, 0.2) is 96.0 Å². The highest BCUT2D eigenvalue weighted by Crippen LogP contribution is 2.41. The Bertz CT molecular complexity index is 955. The number of rotatable bonds is 5. The summed E-state index contributed by atoms with van der Waals surface area (Å²) in [5.74, 6) is -0.0506. The molecule has 3 aromatic rings. The van der Waals surface area contributed by atoms with Crippen LogP contribution in [0.25, 0.3) is 0 Å². The third-order valence-corrected chi connectivity index (χ3v) is 4.83. The molecule has 1 aliphatic rings. The Morgan fingerprint density at radius 3 is 2.04 bits per heavy atom. The van der Waals surface area contributed by atoms with Gasteiger partial charge in [0.25, 0.3) is 0 Å². The van der Waals surface area contributed by atoms with Crippen molar-refractivity contribution >= 4 is 11.8 Å². The minimum Gasteiger partial charge on any atom is -0.466 e. The quantitative estimate of drug-likeness (QED) is 0.758. The second-order valence-electron chi connectivity index (χ2n) is 6.64. The van der Waals surface area contributed by atoms with E-state index in [0.717, 1.165) is 16.7 Å². The van der Waals surface area contributed by atoms with Crippen LogP contribution in [-0.4, -0.2) is 17.3 Å². The highest BCUT2D eigenvalue weighted by atomic mass is 16.5. The molecule has 2 N–H and O–H groups in total. The number of aliphatic imine (C=N–C) groups is 1. The van der Waals surface area contributed by atoms with Gasteiger partial charge in [0.2, 0.25) is 11.8 Å². The Morgan fingerprint density at radius 2 is 1.44 bits per heavy atom. The zero-order valence-corrected chi connectivity index (χ0v) is 14.8. The molecule has 1 heterocycles. The molecule has 2 atom stereocenters. The minimum atomic E-state index is -1.20. The number of primary amides is 1. The molecule has 4 heteroatoms. The van der Waals surface area contributed by atoms with Gasteiger partial charge in [0.15, 0.2) is 11.6 Å². The normalized spacial score (nSPS) is 21.3. The molecule has 0 spiro atoms. The third kappa shape index (κ3) is 3.22. The van der Waals surface area contributed by atoms with E-state index in [1.54, 1.807) is 0 Å². The molecule has 0 saturated carbocycles. The maximum absolute atomic E-state index is 12.7. The fourth-order valence-corrected chi connectivity index (χ4v) is 3.47. The fourth-order valence-electron chi connectivity index (χ4n) is 3.47.